The molecule has 1 aliphatic carbocycles. The predicted molar refractivity (Wildman–Crippen MR) is 89.3 cm³/mol. The van der Waals surface area contributed by atoms with Gasteiger partial charge in [0.2, 0.25) is 5.91 Å². The summed E-state index contributed by atoms with van der Waals surface area (Å²) in [5.41, 5.74) is 6.17. The van der Waals surface area contributed by atoms with Gasteiger partial charge in [-0.05, 0) is 37.5 Å². The summed E-state index contributed by atoms with van der Waals surface area (Å²) >= 11 is 0. The molecule has 1 saturated carbocycles. The number of rotatable bonds is 6. The Morgan fingerprint density at radius 2 is 2.00 bits per heavy atom. The Balaban J connectivity index is 0.00000264. The Kier molecular flexibility index (Phi) is 7.92. The maximum absolute atomic E-state index is 13.9. The van der Waals surface area contributed by atoms with Gasteiger partial charge in [0.15, 0.2) is 0 Å². The smallest absolute Gasteiger partial charge is 0.240 e. The molecule has 0 aliphatic heterocycles. The normalized spacial score (nSPS) is 16.0. The molecule has 0 aromatic heterocycles. The molecule has 0 spiro atoms. The lowest BCUT2D eigenvalue weighted by molar-refractivity contribution is -0.135. The third-order valence-electron chi connectivity index (χ3n) is 4.31. The van der Waals surface area contributed by atoms with Gasteiger partial charge in [0, 0.05) is 18.2 Å². The van der Waals surface area contributed by atoms with Crippen molar-refractivity contribution in [3.63, 3.8) is 0 Å². The molecular weight excluding hydrogens is 322 g/mol. The lowest BCUT2D eigenvalue weighted by atomic mass is 10.1. The third-order valence-corrected chi connectivity index (χ3v) is 4.31. The van der Waals surface area contributed by atoms with Crippen LogP contribution in [0.15, 0.2) is 18.2 Å². The van der Waals surface area contributed by atoms with Gasteiger partial charge in [-0.3, -0.25) is 4.79 Å². The van der Waals surface area contributed by atoms with Crippen molar-refractivity contribution in [3.8, 4) is 0 Å². The van der Waals surface area contributed by atoms with Crippen LogP contribution in [0.2, 0.25) is 0 Å². The molecule has 0 bridgehead atoms. The Morgan fingerprint density at radius 1 is 1.35 bits per heavy atom. The van der Waals surface area contributed by atoms with Gasteiger partial charge in [-0.2, -0.15) is 0 Å². The van der Waals surface area contributed by atoms with Crippen molar-refractivity contribution in [2.45, 2.75) is 64.1 Å². The second-order valence-corrected chi connectivity index (χ2v) is 6.04. The van der Waals surface area contributed by atoms with Gasteiger partial charge in [-0.25, -0.2) is 8.78 Å². The zero-order valence-electron chi connectivity index (χ0n) is 13.4. The van der Waals surface area contributed by atoms with Crippen molar-refractivity contribution in [1.82, 2.24) is 4.90 Å². The van der Waals surface area contributed by atoms with E-state index in [2.05, 4.69) is 0 Å². The van der Waals surface area contributed by atoms with Crippen LogP contribution in [0.5, 0.6) is 0 Å². The first-order valence-electron chi connectivity index (χ1n) is 8.03. The van der Waals surface area contributed by atoms with E-state index in [9.17, 15) is 13.6 Å². The number of carbonyl (C=O) groups excluding carboxylic acids is 1. The van der Waals surface area contributed by atoms with Crippen LogP contribution >= 0.6 is 12.4 Å². The highest BCUT2D eigenvalue weighted by molar-refractivity contribution is 5.85. The molecular formula is C17H25ClF2N2O. The minimum Gasteiger partial charge on any atom is -0.334 e. The van der Waals surface area contributed by atoms with Gasteiger partial charge < -0.3 is 10.6 Å². The van der Waals surface area contributed by atoms with Crippen molar-refractivity contribution in [1.29, 1.82) is 0 Å². The SMILES string of the molecule is CCCC(N)C(=O)N(Cc1cc(F)ccc1F)C1CCCC1.Cl. The monoisotopic (exact) mass is 346 g/mol. The van der Waals surface area contributed by atoms with Gasteiger partial charge in [0.25, 0.3) is 0 Å². The number of carbonyl (C=O) groups is 1. The third kappa shape index (κ3) is 5.15. The van der Waals surface area contributed by atoms with E-state index in [-0.39, 0.29) is 36.5 Å². The lowest BCUT2D eigenvalue weighted by Crippen LogP contribution is -2.47. The summed E-state index contributed by atoms with van der Waals surface area (Å²) in [6.45, 7) is 2.06. The van der Waals surface area contributed by atoms with Gasteiger partial charge in [0.1, 0.15) is 11.6 Å². The molecule has 2 rings (SSSR count). The molecule has 6 heteroatoms. The first kappa shape index (κ1) is 19.8. The van der Waals surface area contributed by atoms with E-state index < -0.39 is 17.7 Å². The number of halogens is 3. The first-order chi connectivity index (χ1) is 10.5. The van der Waals surface area contributed by atoms with Crippen LogP contribution in [-0.4, -0.2) is 22.9 Å². The average Bonchev–Trinajstić information content (AvgIpc) is 3.01. The highest BCUT2D eigenvalue weighted by Gasteiger charge is 2.30. The van der Waals surface area contributed by atoms with Crippen molar-refractivity contribution in [3.05, 3.63) is 35.4 Å². The maximum Gasteiger partial charge on any atom is 0.240 e. The molecule has 130 valence electrons. The van der Waals surface area contributed by atoms with Crippen molar-refractivity contribution in [2.75, 3.05) is 0 Å². The fourth-order valence-corrected chi connectivity index (χ4v) is 3.10. The molecule has 3 nitrogen and oxygen atoms in total. The zero-order valence-corrected chi connectivity index (χ0v) is 14.2. The van der Waals surface area contributed by atoms with Crippen LogP contribution in [0.3, 0.4) is 0 Å². The van der Waals surface area contributed by atoms with Gasteiger partial charge in [-0.1, -0.05) is 26.2 Å². The Morgan fingerprint density at radius 3 is 2.61 bits per heavy atom. The van der Waals surface area contributed by atoms with Crippen LogP contribution in [0, 0.1) is 11.6 Å². The lowest BCUT2D eigenvalue weighted by Gasteiger charge is -2.31. The summed E-state index contributed by atoms with van der Waals surface area (Å²) in [5.74, 6) is -1.13. The summed E-state index contributed by atoms with van der Waals surface area (Å²) in [4.78, 5) is 14.3. The van der Waals surface area contributed by atoms with E-state index in [0.29, 0.717) is 6.42 Å². The number of benzene rings is 1. The fraction of sp³-hybridized carbons (Fsp3) is 0.588. The van der Waals surface area contributed by atoms with E-state index in [1.807, 2.05) is 6.92 Å². The molecule has 0 radical (unpaired) electrons. The molecule has 1 amide bonds. The van der Waals surface area contributed by atoms with E-state index in [1.54, 1.807) is 4.90 Å². The number of amides is 1. The van der Waals surface area contributed by atoms with E-state index in [1.165, 1.54) is 0 Å². The number of nitrogens with two attached hydrogens (primary N) is 1. The van der Waals surface area contributed by atoms with E-state index >= 15 is 0 Å². The molecule has 1 unspecified atom stereocenters. The van der Waals surface area contributed by atoms with Gasteiger partial charge >= 0.3 is 0 Å². The minimum atomic E-state index is -0.567. The summed E-state index contributed by atoms with van der Waals surface area (Å²) in [6.07, 6.45) is 5.35. The molecule has 1 aliphatic rings. The minimum absolute atomic E-state index is 0. The van der Waals surface area contributed by atoms with Crippen LogP contribution in [0.4, 0.5) is 8.78 Å². The second kappa shape index (κ2) is 9.18. The number of hydrogen-bond donors (Lipinski definition) is 1. The molecule has 0 heterocycles. The topological polar surface area (TPSA) is 46.3 Å². The molecule has 2 N–H and O–H groups in total. The molecule has 1 fully saturated rings. The molecule has 23 heavy (non-hydrogen) atoms. The Bertz CT molecular complexity index is 521. The zero-order chi connectivity index (χ0) is 16.1. The van der Waals surface area contributed by atoms with Crippen LogP contribution < -0.4 is 5.73 Å². The van der Waals surface area contributed by atoms with Gasteiger partial charge in [0.05, 0.1) is 6.04 Å². The van der Waals surface area contributed by atoms with Crippen LogP contribution in [-0.2, 0) is 11.3 Å². The van der Waals surface area contributed by atoms with Crippen LogP contribution in [0.25, 0.3) is 0 Å². The maximum atomic E-state index is 13.9. The number of nitrogens with zero attached hydrogens (tertiary/aromatic N) is 1. The van der Waals surface area contributed by atoms with Crippen molar-refractivity contribution in [2.24, 2.45) is 5.73 Å². The highest BCUT2D eigenvalue weighted by Crippen LogP contribution is 2.26. The quantitative estimate of drug-likeness (QED) is 0.852. The average molecular weight is 347 g/mol. The summed E-state index contributed by atoms with van der Waals surface area (Å²) < 4.78 is 27.3. The van der Waals surface area contributed by atoms with E-state index in [0.717, 1.165) is 50.3 Å². The first-order valence-corrected chi connectivity index (χ1v) is 8.03. The molecule has 1 atom stereocenters. The Hall–Kier alpha value is -1.20. The summed E-state index contributed by atoms with van der Waals surface area (Å²) in [6, 6.07) is 2.87. The molecule has 1 aromatic rings. The van der Waals surface area contributed by atoms with Gasteiger partial charge in [-0.15, -0.1) is 12.4 Å². The van der Waals surface area contributed by atoms with Crippen molar-refractivity contribution < 1.29 is 13.6 Å². The number of hydrogen-bond acceptors (Lipinski definition) is 2. The fourth-order valence-electron chi connectivity index (χ4n) is 3.10. The predicted octanol–water partition coefficient (Wildman–Crippen LogP) is 3.79. The largest absolute Gasteiger partial charge is 0.334 e. The standard InChI is InChI=1S/C17H24F2N2O.ClH/c1-2-5-16(20)17(22)21(14-6-3-4-7-14)11-12-10-13(18)8-9-15(12)19;/h8-10,14,16H,2-7,11,20H2,1H3;1H. The van der Waals surface area contributed by atoms with Crippen molar-refractivity contribution >= 4 is 18.3 Å². The summed E-state index contributed by atoms with van der Waals surface area (Å²) in [5, 5.41) is 0. The molecule has 1 aromatic carbocycles. The van der Waals surface area contributed by atoms with E-state index in [4.69, 9.17) is 5.73 Å². The highest BCUT2D eigenvalue weighted by atomic mass is 35.5. The van der Waals surface area contributed by atoms with Crippen LogP contribution in [0.1, 0.15) is 51.0 Å². The molecule has 0 saturated heterocycles. The Labute approximate surface area is 142 Å². The second-order valence-electron chi connectivity index (χ2n) is 6.04. The summed E-state index contributed by atoms with van der Waals surface area (Å²) in [7, 11) is 0.